The fourth-order valence-electron chi connectivity index (χ4n) is 6.31. The average Bonchev–Trinajstić information content (AvgIpc) is 3.56. The van der Waals surface area contributed by atoms with E-state index >= 15 is 0 Å². The molecule has 2 unspecified atom stereocenters. The van der Waals surface area contributed by atoms with Gasteiger partial charge in [0.1, 0.15) is 5.82 Å². The van der Waals surface area contributed by atoms with Crippen molar-refractivity contribution in [3.8, 4) is 0 Å². The predicted molar refractivity (Wildman–Crippen MR) is 140 cm³/mol. The monoisotopic (exact) mass is 551 g/mol. The van der Waals surface area contributed by atoms with Crippen molar-refractivity contribution >= 4 is 34.5 Å². The first-order valence-corrected chi connectivity index (χ1v) is 13.4. The first kappa shape index (κ1) is 24.7. The van der Waals surface area contributed by atoms with Gasteiger partial charge >= 0.3 is 0 Å². The SMILES string of the molecule is O=C(NNC(=O)c1ccc([N+](=O)[O-])cc1N1CCC2(CC1)CC2)c1cc(N2CC3C(C2)C3(F)F)n2nccc2c1. The maximum Gasteiger partial charge on any atom is 0.271 e. The van der Waals surface area contributed by atoms with Crippen LogP contribution in [0.15, 0.2) is 42.6 Å². The Kier molecular flexibility index (Phi) is 5.32. The van der Waals surface area contributed by atoms with Crippen LogP contribution in [0.3, 0.4) is 0 Å². The minimum absolute atomic E-state index is 0.110. The fourth-order valence-corrected chi connectivity index (χ4v) is 6.31. The van der Waals surface area contributed by atoms with E-state index < -0.39 is 34.5 Å². The number of hydrazine groups is 1. The summed E-state index contributed by atoms with van der Waals surface area (Å²) in [5, 5.41) is 15.7. The molecule has 4 fully saturated rings. The van der Waals surface area contributed by atoms with Crippen LogP contribution in [-0.4, -0.2) is 58.5 Å². The molecule has 0 radical (unpaired) electrons. The third-order valence-electron chi connectivity index (χ3n) is 9.11. The van der Waals surface area contributed by atoms with E-state index in [1.54, 1.807) is 33.8 Å². The number of hydrogen-bond acceptors (Lipinski definition) is 7. The van der Waals surface area contributed by atoms with Crippen LogP contribution in [0.25, 0.3) is 5.52 Å². The zero-order chi connectivity index (χ0) is 27.8. The molecule has 11 nitrogen and oxygen atoms in total. The van der Waals surface area contributed by atoms with Crippen molar-refractivity contribution in [1.82, 2.24) is 20.5 Å². The smallest absolute Gasteiger partial charge is 0.271 e. The molecule has 1 aromatic carbocycles. The van der Waals surface area contributed by atoms with E-state index in [1.165, 1.54) is 31.0 Å². The van der Waals surface area contributed by atoms with Crippen molar-refractivity contribution in [3.63, 3.8) is 0 Å². The number of nitro benzene ring substituents is 1. The van der Waals surface area contributed by atoms with E-state index in [9.17, 15) is 28.5 Å². The summed E-state index contributed by atoms with van der Waals surface area (Å²) in [4.78, 5) is 41.0. The Hall–Kier alpha value is -4.29. The first-order valence-electron chi connectivity index (χ1n) is 13.4. The summed E-state index contributed by atoms with van der Waals surface area (Å²) in [5.41, 5.74) is 6.67. The number of nitro groups is 1. The fraction of sp³-hybridized carbons (Fsp3) is 0.444. The summed E-state index contributed by atoms with van der Waals surface area (Å²) in [6.45, 7) is 1.75. The largest absolute Gasteiger partial charge is 0.371 e. The summed E-state index contributed by atoms with van der Waals surface area (Å²) < 4.78 is 29.1. The Bertz CT molecular complexity index is 1550. The van der Waals surface area contributed by atoms with Gasteiger partial charge in [0, 0.05) is 43.9 Å². The molecule has 2 aromatic heterocycles. The summed E-state index contributed by atoms with van der Waals surface area (Å²) in [6, 6.07) is 8.96. The summed E-state index contributed by atoms with van der Waals surface area (Å²) >= 11 is 0. The van der Waals surface area contributed by atoms with Crippen LogP contribution in [0.4, 0.5) is 26.0 Å². The number of non-ortho nitro benzene ring substituents is 1. The Morgan fingerprint density at radius 2 is 1.65 bits per heavy atom. The van der Waals surface area contributed by atoms with Crippen molar-refractivity contribution in [3.05, 3.63) is 63.8 Å². The predicted octanol–water partition coefficient (Wildman–Crippen LogP) is 3.40. The zero-order valence-corrected chi connectivity index (χ0v) is 21.5. The number of carbonyl (C=O) groups is 2. The van der Waals surface area contributed by atoms with Crippen LogP contribution in [0.2, 0.25) is 0 Å². The maximum absolute atomic E-state index is 13.8. The molecule has 7 rings (SSSR count). The van der Waals surface area contributed by atoms with Crippen molar-refractivity contribution in [2.24, 2.45) is 17.3 Å². The highest BCUT2D eigenvalue weighted by atomic mass is 19.3. The molecule has 208 valence electrons. The van der Waals surface area contributed by atoms with Gasteiger partial charge in [0.05, 0.1) is 39.7 Å². The van der Waals surface area contributed by atoms with Crippen LogP contribution >= 0.6 is 0 Å². The molecule has 2 saturated carbocycles. The summed E-state index contributed by atoms with van der Waals surface area (Å²) in [5.74, 6) is -4.69. The average molecular weight is 552 g/mol. The molecule has 2 N–H and O–H groups in total. The number of halogens is 2. The minimum Gasteiger partial charge on any atom is -0.371 e. The first-order chi connectivity index (χ1) is 19.1. The van der Waals surface area contributed by atoms with Gasteiger partial charge in [0.2, 0.25) is 0 Å². The van der Waals surface area contributed by atoms with E-state index in [0.717, 1.165) is 12.8 Å². The second-order valence-electron chi connectivity index (χ2n) is 11.4. The number of alkyl halides is 2. The van der Waals surface area contributed by atoms with Gasteiger partial charge < -0.3 is 9.80 Å². The number of anilines is 2. The lowest BCUT2D eigenvalue weighted by Gasteiger charge is -2.34. The molecular formula is C27H27F2N7O4. The van der Waals surface area contributed by atoms with Crippen molar-refractivity contribution in [1.29, 1.82) is 0 Å². The zero-order valence-electron chi connectivity index (χ0n) is 21.5. The molecule has 0 bridgehead atoms. The molecule has 2 amide bonds. The number of nitrogens with zero attached hydrogens (tertiary/aromatic N) is 5. The molecule has 13 heteroatoms. The summed E-state index contributed by atoms with van der Waals surface area (Å²) in [6.07, 6.45) is 5.92. The third-order valence-corrected chi connectivity index (χ3v) is 9.11. The topological polar surface area (TPSA) is 125 Å². The van der Waals surface area contributed by atoms with E-state index in [-0.39, 0.29) is 29.9 Å². The Morgan fingerprint density at radius 3 is 2.33 bits per heavy atom. The number of piperidine rings is 2. The number of benzene rings is 1. The Balaban J connectivity index is 1.09. The van der Waals surface area contributed by atoms with E-state index in [4.69, 9.17) is 0 Å². The number of pyridine rings is 1. The molecule has 2 saturated heterocycles. The molecular weight excluding hydrogens is 524 g/mol. The van der Waals surface area contributed by atoms with Gasteiger partial charge in [-0.15, -0.1) is 0 Å². The number of rotatable bonds is 5. The highest BCUT2D eigenvalue weighted by molar-refractivity contribution is 6.03. The summed E-state index contributed by atoms with van der Waals surface area (Å²) in [7, 11) is 0. The second-order valence-corrected chi connectivity index (χ2v) is 11.4. The van der Waals surface area contributed by atoms with Crippen molar-refractivity contribution in [2.75, 3.05) is 36.0 Å². The van der Waals surface area contributed by atoms with Crippen LogP contribution in [-0.2, 0) is 0 Å². The molecule has 2 aliphatic heterocycles. The van der Waals surface area contributed by atoms with Crippen molar-refractivity contribution in [2.45, 2.75) is 31.6 Å². The molecule has 4 heterocycles. The van der Waals surface area contributed by atoms with Gasteiger partial charge in [-0.1, -0.05) is 0 Å². The second kappa shape index (κ2) is 8.60. The molecule has 4 aliphatic rings. The number of amides is 2. The lowest BCUT2D eigenvalue weighted by molar-refractivity contribution is -0.384. The van der Waals surface area contributed by atoms with Gasteiger partial charge in [-0.2, -0.15) is 5.10 Å². The molecule has 3 aromatic rings. The molecule has 2 aliphatic carbocycles. The van der Waals surface area contributed by atoms with Crippen LogP contribution < -0.4 is 20.7 Å². The normalized spacial score (nSPS) is 23.6. The van der Waals surface area contributed by atoms with Gasteiger partial charge in [0.15, 0.2) is 0 Å². The molecule has 40 heavy (non-hydrogen) atoms. The van der Waals surface area contributed by atoms with Crippen LogP contribution in [0.5, 0.6) is 0 Å². The molecule has 2 atom stereocenters. The Labute approximate surface area is 227 Å². The van der Waals surface area contributed by atoms with Gasteiger partial charge in [0.25, 0.3) is 23.4 Å². The number of carbonyl (C=O) groups excluding carboxylic acids is 2. The molecule has 1 spiro atoms. The van der Waals surface area contributed by atoms with Crippen molar-refractivity contribution < 1.29 is 23.3 Å². The highest BCUT2D eigenvalue weighted by Crippen LogP contribution is 2.59. The number of fused-ring (bicyclic) bond motifs is 2. The van der Waals surface area contributed by atoms with E-state index in [1.807, 2.05) is 4.90 Å². The number of nitrogens with one attached hydrogen (secondary N) is 2. The van der Waals surface area contributed by atoms with Gasteiger partial charge in [-0.05, 0) is 55.4 Å². The van der Waals surface area contributed by atoms with Gasteiger partial charge in [-0.3, -0.25) is 30.6 Å². The van der Waals surface area contributed by atoms with E-state index in [0.29, 0.717) is 35.5 Å². The third kappa shape index (κ3) is 4.02. The standard InChI is InChI=1S/C27H27F2N7O4/c28-27(29)20-14-34(15-21(20)27)23-12-16(11-17-3-8-30-35(17)23)24(37)31-32-25(38)19-2-1-18(36(39)40)13-22(19)33-9-6-26(4-5-26)7-10-33/h1-3,8,11-13,20-21H,4-7,9-10,14-15H2,(H,31,37)(H,32,38). The van der Waals surface area contributed by atoms with Gasteiger partial charge in [-0.25, -0.2) is 13.3 Å². The van der Waals surface area contributed by atoms with Crippen LogP contribution in [0.1, 0.15) is 46.4 Å². The minimum atomic E-state index is -2.64. The van der Waals surface area contributed by atoms with E-state index in [2.05, 4.69) is 16.0 Å². The lowest BCUT2D eigenvalue weighted by atomic mass is 9.93. The quantitative estimate of drug-likeness (QED) is 0.368. The maximum atomic E-state index is 13.8. The lowest BCUT2D eigenvalue weighted by Crippen LogP contribution is -2.43. The Morgan fingerprint density at radius 1 is 0.950 bits per heavy atom. The highest BCUT2D eigenvalue weighted by Gasteiger charge is 2.71. The number of aromatic nitrogens is 2. The van der Waals surface area contributed by atoms with Crippen LogP contribution in [0, 0.1) is 27.4 Å². The number of hydrogen-bond donors (Lipinski definition) is 2.